The Morgan fingerprint density at radius 2 is 1.85 bits per heavy atom. The van der Waals surface area contributed by atoms with E-state index in [1.54, 1.807) is 18.2 Å². The molecule has 112 valence electrons. The maximum atomic E-state index is 12.6. The molecule has 7 nitrogen and oxygen atoms in total. The van der Waals surface area contributed by atoms with Crippen LogP contribution in [-0.4, -0.2) is 73.1 Å². The third-order valence-corrected chi connectivity index (χ3v) is 6.25. The summed E-state index contributed by atoms with van der Waals surface area (Å²) in [5.74, 6) is 0. The van der Waals surface area contributed by atoms with Crippen molar-refractivity contribution in [3.63, 3.8) is 0 Å². The fourth-order valence-electron chi connectivity index (χ4n) is 2.94. The lowest BCUT2D eigenvalue weighted by Gasteiger charge is -2.45. The molecule has 0 spiro atoms. The van der Waals surface area contributed by atoms with E-state index in [0.717, 1.165) is 26.2 Å². The topological polar surface area (TPSA) is 81.3 Å². The van der Waals surface area contributed by atoms with Crippen LogP contribution in [0.1, 0.15) is 11.4 Å². The zero-order valence-electron chi connectivity index (χ0n) is 11.9. The van der Waals surface area contributed by atoms with Crippen LogP contribution in [0.4, 0.5) is 0 Å². The normalized spacial score (nSPS) is 22.9. The van der Waals surface area contributed by atoms with Gasteiger partial charge in [-0.15, -0.1) is 0 Å². The number of H-pyrrole nitrogens is 1. The Balaban J connectivity index is 1.70. The fraction of sp³-hybridized carbons (Fsp3) is 0.750. The number of hydrogen-bond donors (Lipinski definition) is 2. The van der Waals surface area contributed by atoms with E-state index in [2.05, 4.69) is 20.4 Å². The lowest BCUT2D eigenvalue weighted by atomic mass is 10.1. The molecule has 1 aromatic rings. The first-order chi connectivity index (χ1) is 9.50. The molecule has 2 fully saturated rings. The van der Waals surface area contributed by atoms with Crippen molar-refractivity contribution >= 4 is 10.0 Å². The molecule has 0 bridgehead atoms. The molecular weight excluding hydrogens is 278 g/mol. The Labute approximate surface area is 119 Å². The van der Waals surface area contributed by atoms with Gasteiger partial charge in [0.25, 0.3) is 0 Å². The van der Waals surface area contributed by atoms with Gasteiger partial charge in [0.15, 0.2) is 0 Å². The third kappa shape index (κ3) is 2.26. The van der Waals surface area contributed by atoms with Crippen LogP contribution in [0.2, 0.25) is 0 Å². The minimum absolute atomic E-state index is 0.344. The van der Waals surface area contributed by atoms with Crippen LogP contribution in [0.3, 0.4) is 0 Å². The first-order valence-corrected chi connectivity index (χ1v) is 8.40. The second kappa shape index (κ2) is 5.10. The number of piperazine rings is 1. The highest BCUT2D eigenvalue weighted by Gasteiger charge is 2.41. The SMILES string of the molecule is Cc1n[nH]c(C)c1S(=O)(=O)N1CC(N2CCNCC2)C1. The number of nitrogens with one attached hydrogen (secondary N) is 2. The second-order valence-electron chi connectivity index (χ2n) is 5.52. The molecule has 8 heteroatoms. The van der Waals surface area contributed by atoms with Crippen molar-refractivity contribution in [2.75, 3.05) is 39.3 Å². The van der Waals surface area contributed by atoms with E-state index in [1.165, 1.54) is 0 Å². The van der Waals surface area contributed by atoms with Gasteiger partial charge in [-0.1, -0.05) is 0 Å². The van der Waals surface area contributed by atoms with Crippen LogP contribution in [0.15, 0.2) is 4.90 Å². The predicted octanol–water partition coefficient (Wildman–Crippen LogP) is -0.695. The quantitative estimate of drug-likeness (QED) is 0.772. The summed E-state index contributed by atoms with van der Waals surface area (Å²) in [6.45, 7) is 8.64. The van der Waals surface area contributed by atoms with Crippen LogP contribution < -0.4 is 5.32 Å². The number of rotatable bonds is 3. The number of sulfonamides is 1. The average Bonchev–Trinajstić information content (AvgIpc) is 2.68. The zero-order valence-corrected chi connectivity index (χ0v) is 12.7. The molecule has 2 N–H and O–H groups in total. The van der Waals surface area contributed by atoms with Crippen molar-refractivity contribution in [1.82, 2.24) is 24.7 Å². The highest BCUT2D eigenvalue weighted by molar-refractivity contribution is 7.89. The molecule has 20 heavy (non-hydrogen) atoms. The standard InChI is InChI=1S/C12H21N5O2S/c1-9-12(10(2)15-14-9)20(18,19)17-7-11(8-17)16-5-3-13-4-6-16/h11,13H,3-8H2,1-2H3,(H,14,15). The highest BCUT2D eigenvalue weighted by Crippen LogP contribution is 2.27. The van der Waals surface area contributed by atoms with Gasteiger partial charge in [0, 0.05) is 45.3 Å². The molecule has 2 aliphatic heterocycles. The van der Waals surface area contributed by atoms with Gasteiger partial charge in [-0.25, -0.2) is 8.42 Å². The van der Waals surface area contributed by atoms with Gasteiger partial charge < -0.3 is 5.32 Å². The number of hydrogen-bond acceptors (Lipinski definition) is 5. The van der Waals surface area contributed by atoms with E-state index >= 15 is 0 Å². The summed E-state index contributed by atoms with van der Waals surface area (Å²) >= 11 is 0. The van der Waals surface area contributed by atoms with Crippen LogP contribution in [0.25, 0.3) is 0 Å². The summed E-state index contributed by atoms with van der Waals surface area (Å²) < 4.78 is 26.7. The van der Waals surface area contributed by atoms with Gasteiger partial charge in [-0.05, 0) is 13.8 Å². The van der Waals surface area contributed by atoms with Crippen molar-refractivity contribution in [3.05, 3.63) is 11.4 Å². The van der Waals surface area contributed by atoms with E-state index in [4.69, 9.17) is 0 Å². The van der Waals surface area contributed by atoms with Crippen molar-refractivity contribution in [2.24, 2.45) is 0 Å². The summed E-state index contributed by atoms with van der Waals surface area (Å²) in [7, 11) is -3.39. The lowest BCUT2D eigenvalue weighted by molar-refractivity contribution is 0.0773. The van der Waals surface area contributed by atoms with Gasteiger partial charge in [0.05, 0.1) is 11.4 Å². The van der Waals surface area contributed by atoms with Crippen molar-refractivity contribution < 1.29 is 8.42 Å². The van der Waals surface area contributed by atoms with Gasteiger partial charge in [0.1, 0.15) is 4.90 Å². The molecule has 0 unspecified atom stereocenters. The molecule has 0 aromatic carbocycles. The molecule has 0 aliphatic carbocycles. The Morgan fingerprint density at radius 3 is 2.40 bits per heavy atom. The van der Waals surface area contributed by atoms with E-state index < -0.39 is 10.0 Å². The fourth-order valence-corrected chi connectivity index (χ4v) is 4.79. The van der Waals surface area contributed by atoms with Crippen LogP contribution in [0.5, 0.6) is 0 Å². The lowest BCUT2D eigenvalue weighted by Crippen LogP contribution is -2.63. The van der Waals surface area contributed by atoms with Crippen LogP contribution in [-0.2, 0) is 10.0 Å². The first kappa shape index (κ1) is 14.0. The van der Waals surface area contributed by atoms with Gasteiger partial charge >= 0.3 is 0 Å². The maximum absolute atomic E-state index is 12.6. The Hall–Kier alpha value is -0.960. The molecule has 0 amide bonds. The van der Waals surface area contributed by atoms with Gasteiger partial charge in [-0.2, -0.15) is 9.40 Å². The molecule has 1 aromatic heterocycles. The molecule has 3 heterocycles. The summed E-state index contributed by atoms with van der Waals surface area (Å²) in [5, 5.41) is 10.0. The van der Waals surface area contributed by atoms with Crippen LogP contribution in [0, 0.1) is 13.8 Å². The van der Waals surface area contributed by atoms with Gasteiger partial charge in [-0.3, -0.25) is 10.00 Å². The van der Waals surface area contributed by atoms with Crippen molar-refractivity contribution in [3.8, 4) is 0 Å². The molecule has 0 saturated carbocycles. The Kier molecular flexibility index (Phi) is 3.57. The minimum atomic E-state index is -3.39. The van der Waals surface area contributed by atoms with E-state index in [9.17, 15) is 8.42 Å². The van der Waals surface area contributed by atoms with Gasteiger partial charge in [0.2, 0.25) is 10.0 Å². The van der Waals surface area contributed by atoms with E-state index in [0.29, 0.717) is 35.4 Å². The predicted molar refractivity (Wildman–Crippen MR) is 75.1 cm³/mol. The molecule has 3 rings (SSSR count). The molecular formula is C12H21N5O2S. The molecule has 2 aliphatic rings. The number of aryl methyl sites for hydroxylation is 2. The smallest absolute Gasteiger partial charge is 0.246 e. The third-order valence-electron chi connectivity index (χ3n) is 4.16. The first-order valence-electron chi connectivity index (χ1n) is 6.96. The minimum Gasteiger partial charge on any atom is -0.314 e. The summed E-state index contributed by atoms with van der Waals surface area (Å²) in [5.41, 5.74) is 1.17. The highest BCUT2D eigenvalue weighted by atomic mass is 32.2. The molecule has 2 saturated heterocycles. The van der Waals surface area contributed by atoms with Crippen molar-refractivity contribution in [1.29, 1.82) is 0 Å². The Morgan fingerprint density at radius 1 is 1.20 bits per heavy atom. The summed E-state index contributed by atoms with van der Waals surface area (Å²) in [4.78, 5) is 2.72. The molecule has 0 atom stereocenters. The average molecular weight is 299 g/mol. The Bertz CT molecular complexity index is 565. The summed E-state index contributed by atoms with van der Waals surface area (Å²) in [6, 6.07) is 0.361. The second-order valence-corrected chi connectivity index (χ2v) is 7.40. The number of aromatic amines is 1. The van der Waals surface area contributed by atoms with Crippen molar-refractivity contribution in [2.45, 2.75) is 24.8 Å². The van der Waals surface area contributed by atoms with E-state index in [1.807, 2.05) is 0 Å². The van der Waals surface area contributed by atoms with E-state index in [-0.39, 0.29) is 0 Å². The number of nitrogens with zero attached hydrogens (tertiary/aromatic N) is 3. The maximum Gasteiger partial charge on any atom is 0.246 e. The summed E-state index contributed by atoms with van der Waals surface area (Å²) in [6.07, 6.45) is 0. The largest absolute Gasteiger partial charge is 0.314 e. The molecule has 0 radical (unpaired) electrons. The number of aromatic nitrogens is 2. The van der Waals surface area contributed by atoms with Crippen LogP contribution >= 0.6 is 0 Å². The zero-order chi connectivity index (χ0) is 14.3. The monoisotopic (exact) mass is 299 g/mol.